The number of nitrogens with zero attached hydrogens (tertiary/aromatic N) is 2. The molecule has 0 heterocycles. The zero-order chi connectivity index (χ0) is 11.1. The summed E-state index contributed by atoms with van der Waals surface area (Å²) in [4.78, 5) is 0. The fourth-order valence-electron chi connectivity index (χ4n) is 0.870. The number of hydroxylamine groups is 1. The molecular weight excluding hydrogens is 323 g/mol. The van der Waals surface area contributed by atoms with Gasteiger partial charge >= 0.3 is 0 Å². The molecule has 88 valence electrons. The van der Waals surface area contributed by atoms with Crippen LogP contribution in [0.15, 0.2) is 34.5 Å². The highest BCUT2D eigenvalue weighted by atomic mass is 127. The number of rotatable bonds is 3. The van der Waals surface area contributed by atoms with Crippen molar-refractivity contribution in [3.8, 4) is 5.75 Å². The lowest BCUT2D eigenvalue weighted by Gasteiger charge is -1.98. The van der Waals surface area contributed by atoms with Gasteiger partial charge in [-0.3, -0.25) is 5.21 Å². The molecule has 0 saturated carbocycles. The molecule has 7 heteroatoms. The highest BCUT2D eigenvalue weighted by Gasteiger charge is 1.90. The zero-order valence-electron chi connectivity index (χ0n) is 8.62. The molecule has 0 bridgehead atoms. The minimum absolute atomic E-state index is 0. The van der Waals surface area contributed by atoms with Gasteiger partial charge < -0.3 is 10.5 Å². The van der Waals surface area contributed by atoms with E-state index in [-0.39, 0.29) is 29.9 Å². The first kappa shape index (κ1) is 14.6. The maximum Gasteiger partial charge on any atom is 0.237 e. The minimum atomic E-state index is -0.167. The molecule has 0 fully saturated rings. The molecule has 1 aromatic rings. The van der Waals surface area contributed by atoms with Crippen molar-refractivity contribution in [2.75, 3.05) is 7.11 Å². The molecule has 6 nitrogen and oxygen atoms in total. The molecule has 0 aliphatic carbocycles. The molecule has 0 aromatic heterocycles. The summed E-state index contributed by atoms with van der Waals surface area (Å²) >= 11 is 0. The molecule has 0 aliphatic heterocycles. The van der Waals surface area contributed by atoms with Crippen molar-refractivity contribution in [2.24, 2.45) is 15.9 Å². The van der Waals surface area contributed by atoms with Crippen molar-refractivity contribution >= 4 is 36.2 Å². The maximum atomic E-state index is 8.30. The molecule has 0 saturated heterocycles. The summed E-state index contributed by atoms with van der Waals surface area (Å²) in [7, 11) is 1.60. The van der Waals surface area contributed by atoms with Gasteiger partial charge in [-0.15, -0.1) is 29.1 Å². The summed E-state index contributed by atoms with van der Waals surface area (Å²) in [5.41, 5.74) is 7.65. The maximum absolute atomic E-state index is 8.30. The second-order valence-corrected chi connectivity index (χ2v) is 2.61. The molecule has 4 N–H and O–H groups in total. The van der Waals surface area contributed by atoms with Gasteiger partial charge in [0.1, 0.15) is 5.75 Å². The van der Waals surface area contributed by atoms with Gasteiger partial charge in [0.2, 0.25) is 5.96 Å². The first-order valence-electron chi connectivity index (χ1n) is 4.17. The smallest absolute Gasteiger partial charge is 0.237 e. The topological polar surface area (TPSA) is 92.2 Å². The third-order valence-corrected chi connectivity index (χ3v) is 1.60. The van der Waals surface area contributed by atoms with Crippen molar-refractivity contribution in [1.29, 1.82) is 0 Å². The molecule has 1 aromatic carbocycles. The first-order chi connectivity index (χ1) is 7.26. The highest BCUT2D eigenvalue weighted by molar-refractivity contribution is 14.0. The highest BCUT2D eigenvalue weighted by Crippen LogP contribution is 2.09. The van der Waals surface area contributed by atoms with E-state index in [1.54, 1.807) is 24.7 Å². The van der Waals surface area contributed by atoms with Gasteiger partial charge in [0.05, 0.1) is 13.3 Å². The summed E-state index contributed by atoms with van der Waals surface area (Å²) < 4.78 is 4.99. The number of benzene rings is 1. The summed E-state index contributed by atoms with van der Waals surface area (Å²) in [6, 6.07) is 7.25. The molecule has 0 unspecified atom stereocenters. The number of guanidine groups is 1. The summed E-state index contributed by atoms with van der Waals surface area (Å²) in [6.07, 6.45) is 1.50. The number of hydrogen-bond acceptors (Lipinski definition) is 4. The van der Waals surface area contributed by atoms with Crippen LogP contribution in [0.2, 0.25) is 0 Å². The Balaban J connectivity index is 0.00000225. The van der Waals surface area contributed by atoms with Crippen LogP contribution >= 0.6 is 24.0 Å². The SMILES string of the molecule is COc1ccc(/C=N\N=C(/N)NO)cc1.I. The molecule has 1 rings (SSSR count). The standard InChI is InChI=1S/C9H12N4O2.HI/c1-15-8-4-2-7(3-5-8)6-11-12-9(10)13-14;/h2-6,14H,1H3,(H3,10,12,13);1H/b11-6-;. The summed E-state index contributed by atoms with van der Waals surface area (Å²) in [5, 5.41) is 15.4. The molecule has 0 atom stereocenters. The monoisotopic (exact) mass is 336 g/mol. The quantitative estimate of drug-likeness (QED) is 0.332. The summed E-state index contributed by atoms with van der Waals surface area (Å²) in [5.74, 6) is 0.604. The number of halogens is 1. The second kappa shape index (κ2) is 7.88. The Bertz CT molecular complexity index is 364. The van der Waals surface area contributed by atoms with Crippen LogP contribution in [0, 0.1) is 0 Å². The molecule has 0 spiro atoms. The van der Waals surface area contributed by atoms with Crippen molar-refractivity contribution in [3.63, 3.8) is 0 Å². The van der Waals surface area contributed by atoms with Crippen LogP contribution in [-0.2, 0) is 0 Å². The fraction of sp³-hybridized carbons (Fsp3) is 0.111. The van der Waals surface area contributed by atoms with E-state index < -0.39 is 0 Å². The molecule has 0 radical (unpaired) electrons. The third kappa shape index (κ3) is 4.94. The van der Waals surface area contributed by atoms with Crippen LogP contribution in [0.1, 0.15) is 5.56 Å². The Morgan fingerprint density at radius 1 is 1.44 bits per heavy atom. The lowest BCUT2D eigenvalue weighted by Crippen LogP contribution is -2.27. The molecule has 0 amide bonds. The predicted molar refractivity (Wildman–Crippen MR) is 72.5 cm³/mol. The number of ether oxygens (including phenoxy) is 1. The van der Waals surface area contributed by atoms with Crippen molar-refractivity contribution in [3.05, 3.63) is 29.8 Å². The largest absolute Gasteiger partial charge is 0.497 e. The lowest BCUT2D eigenvalue weighted by atomic mass is 10.2. The van der Waals surface area contributed by atoms with Crippen LogP contribution in [0.25, 0.3) is 0 Å². The minimum Gasteiger partial charge on any atom is -0.497 e. The zero-order valence-corrected chi connectivity index (χ0v) is 11.0. The average Bonchev–Trinajstić information content (AvgIpc) is 2.29. The fourth-order valence-corrected chi connectivity index (χ4v) is 0.870. The van der Waals surface area contributed by atoms with Crippen LogP contribution in [0.3, 0.4) is 0 Å². The first-order valence-corrected chi connectivity index (χ1v) is 4.17. The molecular formula is C9H13IN4O2. The van der Waals surface area contributed by atoms with E-state index >= 15 is 0 Å². The van der Waals surface area contributed by atoms with Gasteiger partial charge in [-0.1, -0.05) is 0 Å². The second-order valence-electron chi connectivity index (χ2n) is 2.61. The van der Waals surface area contributed by atoms with Crippen LogP contribution < -0.4 is 16.0 Å². The lowest BCUT2D eigenvalue weighted by molar-refractivity contribution is 0.232. The van der Waals surface area contributed by atoms with Gasteiger partial charge in [0.25, 0.3) is 0 Å². The molecule has 16 heavy (non-hydrogen) atoms. The van der Waals surface area contributed by atoms with E-state index in [2.05, 4.69) is 10.2 Å². The van der Waals surface area contributed by atoms with E-state index in [9.17, 15) is 0 Å². The van der Waals surface area contributed by atoms with Gasteiger partial charge in [0, 0.05) is 0 Å². The third-order valence-electron chi connectivity index (χ3n) is 1.60. The van der Waals surface area contributed by atoms with Crippen molar-refractivity contribution in [2.45, 2.75) is 0 Å². The van der Waals surface area contributed by atoms with Crippen LogP contribution in [0.4, 0.5) is 0 Å². The number of methoxy groups -OCH3 is 1. The van der Waals surface area contributed by atoms with Crippen molar-refractivity contribution in [1.82, 2.24) is 5.48 Å². The summed E-state index contributed by atoms with van der Waals surface area (Å²) in [6.45, 7) is 0. The Morgan fingerprint density at radius 3 is 2.56 bits per heavy atom. The van der Waals surface area contributed by atoms with Crippen LogP contribution in [0.5, 0.6) is 5.75 Å². The Morgan fingerprint density at radius 2 is 2.06 bits per heavy atom. The normalized spacial score (nSPS) is 11.0. The number of nitrogens with one attached hydrogen (secondary N) is 1. The van der Waals surface area contributed by atoms with E-state index in [0.29, 0.717) is 0 Å². The Labute approximate surface area is 110 Å². The van der Waals surface area contributed by atoms with Crippen LogP contribution in [-0.4, -0.2) is 24.5 Å². The van der Waals surface area contributed by atoms with Gasteiger partial charge in [-0.2, -0.15) is 5.10 Å². The van der Waals surface area contributed by atoms with Gasteiger partial charge in [0.15, 0.2) is 0 Å². The Kier molecular flexibility index (Phi) is 7.21. The molecule has 0 aliphatic rings. The Hall–Kier alpha value is -1.35. The van der Waals surface area contributed by atoms with E-state index in [1.807, 2.05) is 12.1 Å². The van der Waals surface area contributed by atoms with Gasteiger partial charge in [-0.05, 0) is 29.8 Å². The number of hydrogen-bond donors (Lipinski definition) is 3. The van der Waals surface area contributed by atoms with Crippen molar-refractivity contribution < 1.29 is 9.94 Å². The predicted octanol–water partition coefficient (Wildman–Crippen LogP) is 0.941. The van der Waals surface area contributed by atoms with Gasteiger partial charge in [-0.25, -0.2) is 5.48 Å². The number of nitrogens with two attached hydrogens (primary N) is 1. The van der Waals surface area contributed by atoms with E-state index in [1.165, 1.54) is 6.21 Å². The average molecular weight is 336 g/mol. The van der Waals surface area contributed by atoms with E-state index in [4.69, 9.17) is 15.7 Å². The van der Waals surface area contributed by atoms with E-state index in [0.717, 1.165) is 11.3 Å².